The Morgan fingerprint density at radius 2 is 2.19 bits per heavy atom. The van der Waals surface area contributed by atoms with Gasteiger partial charge in [0.1, 0.15) is 4.32 Å². The van der Waals surface area contributed by atoms with Crippen molar-refractivity contribution in [3.05, 3.63) is 27.1 Å². The van der Waals surface area contributed by atoms with Gasteiger partial charge >= 0.3 is 0 Å². The number of hydrogen-bond donors (Lipinski definition) is 0. The SMILES string of the molecule is CCCOc1c(Br)cc(/C=C2\SC(=S)N(CCC(=O)[O-])C2=O)cc1OC. The van der Waals surface area contributed by atoms with Crippen LogP contribution in [0.15, 0.2) is 21.5 Å². The van der Waals surface area contributed by atoms with E-state index < -0.39 is 5.97 Å². The molecule has 0 aliphatic carbocycles. The zero-order chi connectivity index (χ0) is 19.3. The number of ether oxygens (including phenoxy) is 2. The van der Waals surface area contributed by atoms with Gasteiger partial charge in [-0.05, 0) is 46.1 Å². The summed E-state index contributed by atoms with van der Waals surface area (Å²) in [6, 6.07) is 3.59. The predicted molar refractivity (Wildman–Crippen MR) is 106 cm³/mol. The fourth-order valence-corrected chi connectivity index (χ4v) is 4.10. The van der Waals surface area contributed by atoms with Gasteiger partial charge in [-0.3, -0.25) is 9.69 Å². The number of hydrogen-bond acceptors (Lipinski definition) is 7. The van der Waals surface area contributed by atoms with Gasteiger partial charge in [-0.2, -0.15) is 0 Å². The van der Waals surface area contributed by atoms with Crippen molar-refractivity contribution in [1.82, 2.24) is 4.90 Å². The van der Waals surface area contributed by atoms with E-state index in [1.165, 1.54) is 4.90 Å². The van der Waals surface area contributed by atoms with Gasteiger partial charge < -0.3 is 19.4 Å². The number of carboxylic acids is 1. The fraction of sp³-hybridized carbons (Fsp3) is 0.353. The van der Waals surface area contributed by atoms with Crippen molar-refractivity contribution < 1.29 is 24.2 Å². The second-order valence-corrected chi connectivity index (χ2v) is 7.87. The van der Waals surface area contributed by atoms with Crippen molar-refractivity contribution in [2.45, 2.75) is 19.8 Å². The first-order valence-electron chi connectivity index (χ1n) is 7.83. The van der Waals surface area contributed by atoms with E-state index in [0.717, 1.165) is 23.7 Å². The van der Waals surface area contributed by atoms with Crippen LogP contribution in [-0.4, -0.2) is 41.4 Å². The van der Waals surface area contributed by atoms with Crippen LogP contribution in [0.2, 0.25) is 0 Å². The predicted octanol–water partition coefficient (Wildman–Crippen LogP) is 2.59. The number of nitrogens with zero attached hydrogens (tertiary/aromatic N) is 1. The summed E-state index contributed by atoms with van der Waals surface area (Å²) in [4.78, 5) is 24.8. The topological polar surface area (TPSA) is 78.9 Å². The summed E-state index contributed by atoms with van der Waals surface area (Å²) in [5, 5.41) is 10.6. The molecule has 0 spiro atoms. The van der Waals surface area contributed by atoms with E-state index in [1.54, 1.807) is 19.3 Å². The van der Waals surface area contributed by atoms with E-state index in [-0.39, 0.29) is 18.9 Å². The highest BCUT2D eigenvalue weighted by Crippen LogP contribution is 2.39. The molecule has 0 aromatic heterocycles. The number of aliphatic carboxylic acids is 1. The molecule has 1 heterocycles. The Bertz CT molecular complexity index is 766. The second kappa shape index (κ2) is 9.38. The summed E-state index contributed by atoms with van der Waals surface area (Å²) in [6.07, 6.45) is 2.30. The van der Waals surface area contributed by atoms with Gasteiger partial charge in [0.15, 0.2) is 11.5 Å². The Morgan fingerprint density at radius 1 is 1.46 bits per heavy atom. The van der Waals surface area contributed by atoms with Crippen LogP contribution in [-0.2, 0) is 9.59 Å². The number of amides is 1. The van der Waals surface area contributed by atoms with Crippen molar-refractivity contribution in [2.24, 2.45) is 0 Å². The van der Waals surface area contributed by atoms with Crippen LogP contribution in [0.4, 0.5) is 0 Å². The van der Waals surface area contributed by atoms with Gasteiger partial charge in [-0.15, -0.1) is 0 Å². The van der Waals surface area contributed by atoms with E-state index >= 15 is 0 Å². The van der Waals surface area contributed by atoms with E-state index in [4.69, 9.17) is 21.7 Å². The van der Waals surface area contributed by atoms with Crippen LogP contribution in [0.25, 0.3) is 6.08 Å². The summed E-state index contributed by atoms with van der Waals surface area (Å²) in [6.45, 7) is 2.57. The average molecular weight is 459 g/mol. The lowest BCUT2D eigenvalue weighted by Crippen LogP contribution is -2.33. The highest BCUT2D eigenvalue weighted by atomic mass is 79.9. The molecular formula is C17H17BrNO5S2-. The lowest BCUT2D eigenvalue weighted by atomic mass is 10.2. The van der Waals surface area contributed by atoms with Crippen molar-refractivity contribution in [3.8, 4) is 11.5 Å². The Labute approximate surface area is 169 Å². The number of methoxy groups -OCH3 is 1. The third kappa shape index (κ3) is 4.99. The summed E-state index contributed by atoms with van der Waals surface area (Å²) in [5.74, 6) is -0.387. The largest absolute Gasteiger partial charge is 0.550 e. The molecule has 0 radical (unpaired) electrons. The average Bonchev–Trinajstić information content (AvgIpc) is 2.85. The molecule has 0 atom stereocenters. The molecule has 0 N–H and O–H groups in total. The molecule has 1 amide bonds. The standard InChI is InChI=1S/C17H18BrNO5S2/c1-3-6-24-15-11(18)7-10(8-12(15)23-2)9-13-16(22)19(17(25)26-13)5-4-14(20)21/h7-9H,3-6H2,1-2H3,(H,20,21)/p-1/b13-9-. The molecule has 6 nitrogen and oxygen atoms in total. The molecule has 0 unspecified atom stereocenters. The number of benzene rings is 1. The van der Waals surface area contributed by atoms with Crippen LogP contribution in [0.1, 0.15) is 25.3 Å². The molecule has 1 aliphatic rings. The van der Waals surface area contributed by atoms with Crippen LogP contribution >= 0.6 is 39.9 Å². The van der Waals surface area contributed by atoms with Gasteiger partial charge in [0.25, 0.3) is 5.91 Å². The molecule has 0 saturated carbocycles. The van der Waals surface area contributed by atoms with E-state index in [2.05, 4.69) is 15.9 Å². The van der Waals surface area contributed by atoms with Gasteiger partial charge in [-0.25, -0.2) is 0 Å². The molecule has 0 bridgehead atoms. The van der Waals surface area contributed by atoms with Gasteiger partial charge in [0.05, 0.1) is 23.1 Å². The van der Waals surface area contributed by atoms with Gasteiger partial charge in [-0.1, -0.05) is 30.9 Å². The quantitative estimate of drug-likeness (QED) is 0.437. The molecule has 2 rings (SSSR count). The van der Waals surface area contributed by atoms with Crippen LogP contribution in [0.5, 0.6) is 11.5 Å². The summed E-state index contributed by atoms with van der Waals surface area (Å²) >= 11 is 9.76. The lowest BCUT2D eigenvalue weighted by molar-refractivity contribution is -0.305. The molecule has 26 heavy (non-hydrogen) atoms. The number of carbonyl (C=O) groups is 2. The first-order valence-corrected chi connectivity index (χ1v) is 9.84. The third-order valence-electron chi connectivity index (χ3n) is 3.41. The normalized spacial score (nSPS) is 15.7. The minimum Gasteiger partial charge on any atom is -0.550 e. The first kappa shape index (κ1) is 20.7. The van der Waals surface area contributed by atoms with E-state index in [1.807, 2.05) is 13.0 Å². The molecule has 1 saturated heterocycles. The highest BCUT2D eigenvalue weighted by Gasteiger charge is 2.31. The van der Waals surface area contributed by atoms with Crippen molar-refractivity contribution in [2.75, 3.05) is 20.3 Å². The maximum absolute atomic E-state index is 12.4. The van der Waals surface area contributed by atoms with Gasteiger partial charge in [0.2, 0.25) is 0 Å². The molecule has 140 valence electrons. The minimum absolute atomic E-state index is 0.00114. The molecular weight excluding hydrogens is 442 g/mol. The third-order valence-corrected chi connectivity index (χ3v) is 5.38. The number of halogens is 1. The Morgan fingerprint density at radius 3 is 2.81 bits per heavy atom. The van der Waals surface area contributed by atoms with Crippen LogP contribution in [0.3, 0.4) is 0 Å². The summed E-state index contributed by atoms with van der Waals surface area (Å²) in [7, 11) is 1.55. The van der Waals surface area contributed by atoms with E-state index in [9.17, 15) is 14.7 Å². The molecule has 1 aromatic carbocycles. The maximum Gasteiger partial charge on any atom is 0.266 e. The number of carbonyl (C=O) groups excluding carboxylic acids is 2. The fourth-order valence-electron chi connectivity index (χ4n) is 2.21. The molecule has 1 fully saturated rings. The number of rotatable bonds is 8. The zero-order valence-electron chi connectivity index (χ0n) is 14.2. The maximum atomic E-state index is 12.4. The Hall–Kier alpha value is -1.58. The number of thioether (sulfide) groups is 1. The van der Waals surface area contributed by atoms with Crippen molar-refractivity contribution in [3.63, 3.8) is 0 Å². The summed E-state index contributed by atoms with van der Waals surface area (Å²) in [5.41, 5.74) is 0.734. The van der Waals surface area contributed by atoms with Crippen molar-refractivity contribution >= 4 is 62.2 Å². The second-order valence-electron chi connectivity index (χ2n) is 5.34. The molecule has 1 aromatic rings. The van der Waals surface area contributed by atoms with Gasteiger partial charge in [0, 0.05) is 18.9 Å². The van der Waals surface area contributed by atoms with E-state index in [0.29, 0.717) is 31.8 Å². The smallest absolute Gasteiger partial charge is 0.266 e. The summed E-state index contributed by atoms with van der Waals surface area (Å²) < 4.78 is 12.1. The lowest BCUT2D eigenvalue weighted by Gasteiger charge is -2.14. The van der Waals surface area contributed by atoms with Crippen molar-refractivity contribution in [1.29, 1.82) is 0 Å². The monoisotopic (exact) mass is 458 g/mol. The number of carboxylic acid groups (broad SMARTS) is 1. The Balaban J connectivity index is 2.26. The highest BCUT2D eigenvalue weighted by molar-refractivity contribution is 9.10. The van der Waals surface area contributed by atoms with Crippen LogP contribution < -0.4 is 14.6 Å². The zero-order valence-corrected chi connectivity index (χ0v) is 17.5. The molecule has 9 heteroatoms. The molecule has 1 aliphatic heterocycles. The van der Waals surface area contributed by atoms with Crippen LogP contribution in [0, 0.1) is 0 Å². The first-order chi connectivity index (χ1) is 12.4. The minimum atomic E-state index is -1.22. The number of thiocarbonyl (C=S) groups is 1. The Kier molecular flexibility index (Phi) is 7.48.